The molecule has 1 amide bonds. The van der Waals surface area contributed by atoms with Gasteiger partial charge in [-0.25, -0.2) is 4.79 Å². The van der Waals surface area contributed by atoms with Gasteiger partial charge in [0.2, 0.25) is 5.91 Å². The maximum atomic E-state index is 12.9. The molecule has 0 bridgehead atoms. The second kappa shape index (κ2) is 9.41. The second-order valence-electron chi connectivity index (χ2n) is 7.47. The second-order valence-corrected chi connectivity index (χ2v) is 7.47. The number of carbonyl (C=O) groups is 2. The van der Waals surface area contributed by atoms with Gasteiger partial charge in [-0.3, -0.25) is 4.79 Å². The van der Waals surface area contributed by atoms with Gasteiger partial charge >= 0.3 is 5.97 Å². The summed E-state index contributed by atoms with van der Waals surface area (Å²) < 4.78 is 5.50. The van der Waals surface area contributed by atoms with Gasteiger partial charge in [0.1, 0.15) is 5.75 Å². The van der Waals surface area contributed by atoms with Crippen molar-refractivity contribution in [3.8, 4) is 5.75 Å². The summed E-state index contributed by atoms with van der Waals surface area (Å²) in [7, 11) is 1.67. The molecule has 5 heteroatoms. The molecular formula is C24H27NO4. The van der Waals surface area contributed by atoms with Crippen LogP contribution in [0.2, 0.25) is 0 Å². The maximum absolute atomic E-state index is 12.9. The van der Waals surface area contributed by atoms with Crippen molar-refractivity contribution in [1.29, 1.82) is 0 Å². The lowest BCUT2D eigenvalue weighted by Gasteiger charge is -2.21. The summed E-state index contributed by atoms with van der Waals surface area (Å²) in [5, 5.41) is 12.0. The van der Waals surface area contributed by atoms with E-state index in [1.165, 1.54) is 11.1 Å². The Morgan fingerprint density at radius 1 is 1.07 bits per heavy atom. The Balaban J connectivity index is 1.73. The number of carboxylic acid groups (broad SMARTS) is 1. The molecule has 0 aliphatic heterocycles. The van der Waals surface area contributed by atoms with Crippen LogP contribution in [0, 0.1) is 6.92 Å². The van der Waals surface area contributed by atoms with Gasteiger partial charge in [-0.2, -0.15) is 0 Å². The van der Waals surface area contributed by atoms with Crippen molar-refractivity contribution < 1.29 is 19.4 Å². The lowest BCUT2D eigenvalue weighted by Crippen LogP contribution is -2.27. The van der Waals surface area contributed by atoms with E-state index in [-0.39, 0.29) is 11.5 Å². The number of ether oxygens (including phenoxy) is 1. The normalized spacial score (nSPS) is 13.9. The minimum atomic E-state index is -0.954. The molecule has 0 fully saturated rings. The van der Waals surface area contributed by atoms with Crippen molar-refractivity contribution in [2.24, 2.45) is 0 Å². The van der Waals surface area contributed by atoms with Gasteiger partial charge in [0.15, 0.2) is 0 Å². The topological polar surface area (TPSA) is 75.6 Å². The first-order chi connectivity index (χ1) is 14.0. The number of rotatable bonds is 7. The Hall–Kier alpha value is -3.08. The Labute approximate surface area is 171 Å². The molecule has 2 aromatic carbocycles. The molecule has 0 atom stereocenters. The average Bonchev–Trinajstić information content (AvgIpc) is 2.73. The summed E-state index contributed by atoms with van der Waals surface area (Å²) in [5.41, 5.74) is 5.46. The molecule has 2 aromatic rings. The zero-order valence-corrected chi connectivity index (χ0v) is 17.0. The van der Waals surface area contributed by atoms with Crippen molar-refractivity contribution in [3.63, 3.8) is 0 Å². The van der Waals surface area contributed by atoms with Crippen molar-refractivity contribution in [2.45, 2.75) is 45.6 Å². The molecular weight excluding hydrogens is 366 g/mol. The highest BCUT2D eigenvalue weighted by molar-refractivity contribution is 5.94. The van der Waals surface area contributed by atoms with Crippen LogP contribution >= 0.6 is 0 Å². The van der Waals surface area contributed by atoms with E-state index in [1.54, 1.807) is 31.4 Å². The third-order valence-corrected chi connectivity index (χ3v) is 5.35. The van der Waals surface area contributed by atoms with Gasteiger partial charge in [0.25, 0.3) is 0 Å². The number of allylic oxidation sites excluding steroid dienone is 1. The number of carboxylic acids is 1. The zero-order valence-electron chi connectivity index (χ0n) is 17.0. The number of carbonyl (C=O) groups excluding carboxylic acids is 1. The number of amides is 1. The minimum absolute atomic E-state index is 0.0337. The van der Waals surface area contributed by atoms with E-state index >= 15 is 0 Å². The number of hydrogen-bond donors (Lipinski definition) is 2. The van der Waals surface area contributed by atoms with Gasteiger partial charge in [-0.05, 0) is 68.4 Å². The molecule has 0 spiro atoms. The number of methoxy groups -OCH3 is 1. The highest BCUT2D eigenvalue weighted by Gasteiger charge is 2.20. The fourth-order valence-corrected chi connectivity index (χ4v) is 3.77. The fourth-order valence-electron chi connectivity index (χ4n) is 3.77. The Morgan fingerprint density at radius 3 is 2.48 bits per heavy atom. The number of benzene rings is 2. The first-order valence-corrected chi connectivity index (χ1v) is 9.92. The molecule has 0 aromatic heterocycles. The average molecular weight is 393 g/mol. The van der Waals surface area contributed by atoms with Crippen LogP contribution in [0.15, 0.2) is 53.6 Å². The number of hydrogen-bond acceptors (Lipinski definition) is 3. The van der Waals surface area contributed by atoms with Gasteiger partial charge in [0, 0.05) is 12.1 Å². The van der Waals surface area contributed by atoms with E-state index in [0.29, 0.717) is 6.54 Å². The van der Waals surface area contributed by atoms with Crippen LogP contribution in [0.3, 0.4) is 0 Å². The molecule has 1 aliphatic rings. The lowest BCUT2D eigenvalue weighted by molar-refractivity contribution is -0.118. The van der Waals surface area contributed by atoms with Crippen LogP contribution in [0.1, 0.15) is 52.7 Å². The van der Waals surface area contributed by atoms with Crippen molar-refractivity contribution >= 4 is 11.9 Å². The van der Waals surface area contributed by atoms with Gasteiger partial charge < -0.3 is 15.2 Å². The largest absolute Gasteiger partial charge is 0.496 e. The molecule has 2 N–H and O–H groups in total. The predicted octanol–water partition coefficient (Wildman–Crippen LogP) is 4.43. The Morgan fingerprint density at radius 2 is 1.79 bits per heavy atom. The van der Waals surface area contributed by atoms with E-state index in [2.05, 4.69) is 18.3 Å². The van der Waals surface area contributed by atoms with Crippen LogP contribution < -0.4 is 10.1 Å². The number of nitrogens with one attached hydrogen (secondary N) is 1. The highest BCUT2D eigenvalue weighted by atomic mass is 16.5. The summed E-state index contributed by atoms with van der Waals surface area (Å²) in [6.45, 7) is 2.44. The summed E-state index contributed by atoms with van der Waals surface area (Å²) >= 11 is 0. The third-order valence-electron chi connectivity index (χ3n) is 5.35. The van der Waals surface area contributed by atoms with E-state index in [9.17, 15) is 9.59 Å². The summed E-state index contributed by atoms with van der Waals surface area (Å²) in [6.07, 6.45) is 4.54. The first-order valence-electron chi connectivity index (χ1n) is 9.92. The molecule has 1 aliphatic carbocycles. The molecule has 0 saturated carbocycles. The monoisotopic (exact) mass is 393 g/mol. The van der Waals surface area contributed by atoms with E-state index in [4.69, 9.17) is 9.84 Å². The number of aromatic carboxylic acids is 1. The SMILES string of the molecule is COc1ccc(C)cc1CC1=C(C(=O)NCc2ccc(C(=O)O)cc2)CCCC1. The van der Waals surface area contributed by atoms with Crippen LogP contribution in [0.25, 0.3) is 0 Å². The smallest absolute Gasteiger partial charge is 0.335 e. The summed E-state index contributed by atoms with van der Waals surface area (Å²) in [5.74, 6) is -0.134. The van der Waals surface area contributed by atoms with E-state index < -0.39 is 5.97 Å². The Bertz CT molecular complexity index is 928. The molecule has 5 nitrogen and oxygen atoms in total. The summed E-state index contributed by atoms with van der Waals surface area (Å²) in [6, 6.07) is 12.7. The van der Waals surface area contributed by atoms with Crippen LogP contribution in [0.4, 0.5) is 0 Å². The van der Waals surface area contributed by atoms with Crippen LogP contribution in [-0.4, -0.2) is 24.1 Å². The van der Waals surface area contributed by atoms with Crippen molar-refractivity contribution in [2.75, 3.05) is 7.11 Å². The van der Waals surface area contributed by atoms with Crippen LogP contribution in [0.5, 0.6) is 5.75 Å². The molecule has 152 valence electrons. The lowest BCUT2D eigenvalue weighted by atomic mass is 9.87. The van der Waals surface area contributed by atoms with E-state index in [1.807, 2.05) is 12.1 Å². The third kappa shape index (κ3) is 5.25. The van der Waals surface area contributed by atoms with Crippen molar-refractivity contribution in [3.05, 3.63) is 75.9 Å². The molecule has 0 unspecified atom stereocenters. The first kappa shape index (κ1) is 20.6. The molecule has 29 heavy (non-hydrogen) atoms. The summed E-state index contributed by atoms with van der Waals surface area (Å²) in [4.78, 5) is 23.8. The molecule has 0 radical (unpaired) electrons. The zero-order chi connectivity index (χ0) is 20.8. The van der Waals surface area contributed by atoms with Gasteiger partial charge in [-0.15, -0.1) is 0 Å². The maximum Gasteiger partial charge on any atom is 0.335 e. The molecule has 3 rings (SSSR count). The minimum Gasteiger partial charge on any atom is -0.496 e. The highest BCUT2D eigenvalue weighted by Crippen LogP contribution is 2.31. The Kier molecular flexibility index (Phi) is 6.70. The predicted molar refractivity (Wildman–Crippen MR) is 112 cm³/mol. The number of aryl methyl sites for hydroxylation is 1. The van der Waals surface area contributed by atoms with Gasteiger partial charge in [0.05, 0.1) is 12.7 Å². The van der Waals surface area contributed by atoms with Crippen molar-refractivity contribution in [1.82, 2.24) is 5.32 Å². The van der Waals surface area contributed by atoms with Crippen LogP contribution in [-0.2, 0) is 17.8 Å². The molecule has 0 heterocycles. The van der Waals surface area contributed by atoms with Gasteiger partial charge in [-0.1, -0.05) is 35.4 Å². The standard InChI is InChI=1S/C24H27NO4/c1-16-7-12-22(29-2)20(13-16)14-19-5-3-4-6-21(19)23(26)25-15-17-8-10-18(11-9-17)24(27)28/h7-13H,3-6,14-15H2,1-2H3,(H,25,26)(H,27,28). The quantitative estimate of drug-likeness (QED) is 0.730. The van der Waals surface area contributed by atoms with E-state index in [0.717, 1.165) is 54.6 Å². The fraction of sp³-hybridized carbons (Fsp3) is 0.333. The molecule has 0 saturated heterocycles.